The molecule has 1 heterocycles. The molecule has 5 heteroatoms. The summed E-state index contributed by atoms with van der Waals surface area (Å²) in [6, 6.07) is 10.0. The Hall–Kier alpha value is -2.95. The second-order valence-electron chi connectivity index (χ2n) is 5.84. The third-order valence-electron chi connectivity index (χ3n) is 3.54. The number of hydrogen-bond donors (Lipinski definition) is 0. The van der Waals surface area contributed by atoms with Crippen molar-refractivity contribution in [1.82, 2.24) is 0 Å². The zero-order chi connectivity index (χ0) is 21.2. The number of carbonyl (C=O) groups is 3. The Balaban J connectivity index is 0.000000414. The minimum absolute atomic E-state index is 0.237. The predicted molar refractivity (Wildman–Crippen MR) is 111 cm³/mol. The van der Waals surface area contributed by atoms with Crippen LogP contribution in [0, 0.1) is 0 Å². The molecular weight excluding hydrogens is 356 g/mol. The number of benzene rings is 1. The van der Waals surface area contributed by atoms with E-state index in [1.807, 2.05) is 43.3 Å². The van der Waals surface area contributed by atoms with E-state index in [0.717, 1.165) is 25.0 Å². The molecule has 0 aromatic heterocycles. The molecule has 0 saturated heterocycles. The van der Waals surface area contributed by atoms with Crippen molar-refractivity contribution in [3.05, 3.63) is 66.8 Å². The lowest BCUT2D eigenvalue weighted by Crippen LogP contribution is -2.07. The van der Waals surface area contributed by atoms with Crippen molar-refractivity contribution < 1.29 is 23.9 Å². The van der Waals surface area contributed by atoms with Crippen molar-refractivity contribution in [2.75, 3.05) is 6.61 Å². The van der Waals surface area contributed by atoms with Crippen LogP contribution in [0.15, 0.2) is 61.2 Å². The lowest BCUT2D eigenvalue weighted by Gasteiger charge is -2.04. The van der Waals surface area contributed by atoms with Crippen LogP contribution in [-0.2, 0) is 23.9 Å². The van der Waals surface area contributed by atoms with Crippen LogP contribution in [0.25, 0.3) is 6.08 Å². The summed E-state index contributed by atoms with van der Waals surface area (Å²) in [6.07, 6.45) is 9.21. The Morgan fingerprint density at radius 3 is 2.04 bits per heavy atom. The van der Waals surface area contributed by atoms with E-state index in [1.54, 1.807) is 0 Å². The van der Waals surface area contributed by atoms with Gasteiger partial charge in [-0.05, 0) is 18.4 Å². The average Bonchev–Trinajstić information content (AvgIpc) is 3.11. The van der Waals surface area contributed by atoms with Gasteiger partial charge in [-0.3, -0.25) is 0 Å². The van der Waals surface area contributed by atoms with Gasteiger partial charge in [-0.25, -0.2) is 14.4 Å². The van der Waals surface area contributed by atoms with Crippen molar-refractivity contribution in [3.63, 3.8) is 0 Å². The van der Waals surface area contributed by atoms with Gasteiger partial charge in [-0.15, -0.1) is 0 Å². The number of ether oxygens (including phenoxy) is 2. The Morgan fingerprint density at radius 2 is 1.64 bits per heavy atom. The van der Waals surface area contributed by atoms with Crippen molar-refractivity contribution in [2.24, 2.45) is 0 Å². The highest BCUT2D eigenvalue weighted by Crippen LogP contribution is 2.03. The highest BCUT2D eigenvalue weighted by Gasteiger charge is 2.10. The molecule has 152 valence electrons. The smallest absolute Gasteiger partial charge is 0.338 e. The van der Waals surface area contributed by atoms with Gasteiger partial charge in [0, 0.05) is 17.7 Å². The molecule has 1 aromatic carbocycles. The molecule has 2 rings (SSSR count). The first-order valence-electron chi connectivity index (χ1n) is 9.40. The maximum absolute atomic E-state index is 11.1. The van der Waals surface area contributed by atoms with Crippen LogP contribution >= 0.6 is 0 Å². The molecule has 1 aliphatic heterocycles. The van der Waals surface area contributed by atoms with Crippen LogP contribution < -0.4 is 0 Å². The summed E-state index contributed by atoms with van der Waals surface area (Å²) in [5.41, 5.74) is 1.74. The van der Waals surface area contributed by atoms with Gasteiger partial charge in [0.25, 0.3) is 0 Å². The summed E-state index contributed by atoms with van der Waals surface area (Å²) in [5.74, 6) is -1.39. The van der Waals surface area contributed by atoms with Crippen molar-refractivity contribution in [1.29, 1.82) is 0 Å². The van der Waals surface area contributed by atoms with Crippen molar-refractivity contribution >= 4 is 24.0 Å². The molecule has 28 heavy (non-hydrogen) atoms. The van der Waals surface area contributed by atoms with Crippen LogP contribution in [0.2, 0.25) is 0 Å². The molecule has 0 N–H and O–H groups in total. The lowest BCUT2D eigenvalue weighted by molar-refractivity contribution is -0.150. The highest BCUT2D eigenvalue weighted by molar-refractivity contribution is 6.04. The first-order valence-corrected chi connectivity index (χ1v) is 9.40. The van der Waals surface area contributed by atoms with Crippen LogP contribution in [-0.4, -0.2) is 24.5 Å². The van der Waals surface area contributed by atoms with Crippen molar-refractivity contribution in [2.45, 2.75) is 46.0 Å². The summed E-state index contributed by atoms with van der Waals surface area (Å²) in [7, 11) is 0. The number of hydrogen-bond acceptors (Lipinski definition) is 5. The summed E-state index contributed by atoms with van der Waals surface area (Å²) in [5, 5.41) is 0. The standard InChI is InChI=1S/C11H20O2.C8H8.C4H2O3/c1-4-6-7-8-9-13-11(12)10(3)5-2;1-2-8-6-4-3-5-7-8;5-3-1-2-4(6)7-3/h3-9H2,1-2H3;2-7H,1H2;1-2H. The summed E-state index contributed by atoms with van der Waals surface area (Å²) in [4.78, 5) is 30.9. The molecule has 5 nitrogen and oxygen atoms in total. The number of rotatable bonds is 8. The first-order chi connectivity index (χ1) is 13.4. The van der Waals surface area contributed by atoms with Crippen LogP contribution in [0.5, 0.6) is 0 Å². The Bertz CT molecular complexity index is 643. The summed E-state index contributed by atoms with van der Waals surface area (Å²) < 4.78 is 8.98. The van der Waals surface area contributed by atoms with E-state index in [2.05, 4.69) is 24.8 Å². The van der Waals surface area contributed by atoms with E-state index in [-0.39, 0.29) is 5.97 Å². The largest absolute Gasteiger partial charge is 0.462 e. The maximum Gasteiger partial charge on any atom is 0.338 e. The molecule has 0 unspecified atom stereocenters. The minimum atomic E-state index is -0.579. The second-order valence-corrected chi connectivity index (χ2v) is 5.84. The van der Waals surface area contributed by atoms with Gasteiger partial charge in [0.2, 0.25) is 0 Å². The number of esters is 3. The monoisotopic (exact) mass is 386 g/mol. The van der Waals surface area contributed by atoms with Gasteiger partial charge >= 0.3 is 17.9 Å². The number of carbonyl (C=O) groups excluding carboxylic acids is 3. The maximum atomic E-state index is 11.1. The molecule has 1 aromatic rings. The molecule has 0 aliphatic carbocycles. The van der Waals surface area contributed by atoms with Gasteiger partial charge in [-0.1, -0.05) is 82.7 Å². The predicted octanol–water partition coefficient (Wildman–Crippen LogP) is 5.03. The molecular formula is C23H30O5. The first kappa shape index (κ1) is 25.1. The summed E-state index contributed by atoms with van der Waals surface area (Å²) in [6.45, 7) is 11.8. The van der Waals surface area contributed by atoms with Crippen LogP contribution in [0.4, 0.5) is 0 Å². The molecule has 0 spiro atoms. The fourth-order valence-electron chi connectivity index (χ4n) is 1.83. The minimum Gasteiger partial charge on any atom is -0.462 e. The SMILES string of the molecule is C=C(CC)C(=O)OCCCCCC.C=Cc1ccccc1.O=C1C=CC(=O)O1. The zero-order valence-electron chi connectivity index (χ0n) is 16.8. The molecule has 0 saturated carbocycles. The van der Waals surface area contributed by atoms with E-state index in [0.29, 0.717) is 18.6 Å². The average molecular weight is 386 g/mol. The lowest BCUT2D eigenvalue weighted by atomic mass is 10.2. The number of cyclic esters (lactones) is 2. The molecule has 1 aliphatic rings. The van der Waals surface area contributed by atoms with E-state index in [9.17, 15) is 14.4 Å². The van der Waals surface area contributed by atoms with E-state index in [1.165, 1.54) is 18.4 Å². The van der Waals surface area contributed by atoms with E-state index in [4.69, 9.17) is 4.74 Å². The van der Waals surface area contributed by atoms with Gasteiger partial charge in [0.15, 0.2) is 0 Å². The van der Waals surface area contributed by atoms with E-state index < -0.39 is 11.9 Å². The van der Waals surface area contributed by atoms with Crippen LogP contribution in [0.1, 0.15) is 51.5 Å². The molecule has 0 fully saturated rings. The summed E-state index contributed by atoms with van der Waals surface area (Å²) >= 11 is 0. The van der Waals surface area contributed by atoms with Gasteiger partial charge in [-0.2, -0.15) is 0 Å². The van der Waals surface area contributed by atoms with Gasteiger partial charge in [0.1, 0.15) is 0 Å². The molecule has 0 amide bonds. The van der Waals surface area contributed by atoms with Gasteiger partial charge < -0.3 is 9.47 Å². The van der Waals surface area contributed by atoms with Gasteiger partial charge in [0.05, 0.1) is 6.61 Å². The zero-order valence-corrected chi connectivity index (χ0v) is 16.8. The highest BCUT2D eigenvalue weighted by atomic mass is 16.6. The second kappa shape index (κ2) is 16.2. The third-order valence-corrected chi connectivity index (χ3v) is 3.54. The normalized spacial score (nSPS) is 11.4. The molecule has 0 radical (unpaired) electrons. The number of unbranched alkanes of at least 4 members (excludes halogenated alkanes) is 3. The Morgan fingerprint density at radius 1 is 1.04 bits per heavy atom. The van der Waals surface area contributed by atoms with E-state index >= 15 is 0 Å². The van der Waals surface area contributed by atoms with Crippen LogP contribution in [0.3, 0.4) is 0 Å². The fraction of sp³-hybridized carbons (Fsp3) is 0.348. The third kappa shape index (κ3) is 13.3. The quantitative estimate of drug-likeness (QED) is 0.271. The topological polar surface area (TPSA) is 69.7 Å². The fourth-order valence-corrected chi connectivity index (χ4v) is 1.83. The Labute approximate surface area is 167 Å². The Kier molecular flexibility index (Phi) is 14.5. The molecule has 0 atom stereocenters. The van der Waals surface area contributed by atoms with Crippen molar-refractivity contribution in [3.8, 4) is 0 Å². The molecule has 0 bridgehead atoms.